The highest BCUT2D eigenvalue weighted by Crippen LogP contribution is 2.43. The van der Waals surface area contributed by atoms with Crippen LogP contribution < -0.4 is 10.5 Å². The van der Waals surface area contributed by atoms with E-state index in [2.05, 4.69) is 39.8 Å². The maximum atomic E-state index is 15.4. The molecular weight excluding hydrogens is 412 g/mol. The van der Waals surface area contributed by atoms with Crippen molar-refractivity contribution in [1.82, 2.24) is 20.4 Å². The Balaban J connectivity index is 1.46. The van der Waals surface area contributed by atoms with Crippen LogP contribution in [0.5, 0.6) is 0 Å². The Hall–Kier alpha value is -2.67. The van der Waals surface area contributed by atoms with Gasteiger partial charge < -0.3 is 10.5 Å². The first kappa shape index (κ1) is 23.5. The van der Waals surface area contributed by atoms with Crippen LogP contribution >= 0.6 is 0 Å². The first-order valence-corrected chi connectivity index (χ1v) is 12.2. The van der Waals surface area contributed by atoms with Gasteiger partial charge in [0.25, 0.3) is 0 Å². The van der Waals surface area contributed by atoms with Crippen LogP contribution in [0.3, 0.4) is 0 Å². The van der Waals surface area contributed by atoms with Crippen LogP contribution in [0.25, 0.3) is 0 Å². The monoisotopic (exact) mass is 446 g/mol. The van der Waals surface area contributed by atoms with Gasteiger partial charge in [-0.3, -0.25) is 10.1 Å². The van der Waals surface area contributed by atoms with E-state index < -0.39 is 0 Å². The summed E-state index contributed by atoms with van der Waals surface area (Å²) < 4.78 is 15.4. The molecule has 0 bridgehead atoms. The van der Waals surface area contributed by atoms with E-state index in [1.54, 1.807) is 0 Å². The molecule has 1 aliphatic rings. The van der Waals surface area contributed by atoms with Crippen LogP contribution in [0.2, 0.25) is 6.82 Å². The zero-order chi connectivity index (χ0) is 23.2. The number of H-pyrrole nitrogens is 1. The summed E-state index contributed by atoms with van der Waals surface area (Å²) in [6.07, 6.45) is 6.32. The van der Waals surface area contributed by atoms with Gasteiger partial charge in [-0.25, -0.2) is 4.39 Å². The number of hydrogen-bond acceptors (Lipinski definition) is 4. The zero-order valence-electron chi connectivity index (χ0n) is 19.9. The topological polar surface area (TPSA) is 65.6 Å². The number of anilines is 2. The molecule has 1 aliphatic carbocycles. The van der Waals surface area contributed by atoms with E-state index in [1.165, 1.54) is 5.69 Å². The Kier molecular flexibility index (Phi) is 7.81. The van der Waals surface area contributed by atoms with E-state index in [1.807, 2.05) is 45.4 Å². The van der Waals surface area contributed by atoms with Gasteiger partial charge in [0, 0.05) is 47.1 Å². The zero-order valence-corrected chi connectivity index (χ0v) is 19.9. The van der Waals surface area contributed by atoms with Crippen LogP contribution in [0.1, 0.15) is 79.1 Å². The van der Waals surface area contributed by atoms with Crippen LogP contribution in [-0.4, -0.2) is 22.6 Å². The lowest BCUT2D eigenvalue weighted by Crippen LogP contribution is -2.18. The van der Waals surface area contributed by atoms with E-state index in [0.717, 1.165) is 61.0 Å². The van der Waals surface area contributed by atoms with Crippen LogP contribution in [0, 0.1) is 12.7 Å². The lowest BCUT2D eigenvalue weighted by molar-refractivity contribution is 0.605. The largest absolute Gasteiger partial charge is 0.357 e. The molecule has 0 saturated heterocycles. The van der Waals surface area contributed by atoms with Crippen molar-refractivity contribution < 1.29 is 4.39 Å². The average molecular weight is 446 g/mol. The van der Waals surface area contributed by atoms with Crippen molar-refractivity contribution in [1.29, 1.82) is 0 Å². The van der Waals surface area contributed by atoms with E-state index in [-0.39, 0.29) is 5.82 Å². The highest BCUT2D eigenvalue weighted by Gasteiger charge is 2.29. The molecular formula is C26H34BFN5. The van der Waals surface area contributed by atoms with Crippen molar-refractivity contribution in [3.05, 3.63) is 70.4 Å². The molecule has 0 aliphatic heterocycles. The molecule has 33 heavy (non-hydrogen) atoms. The Labute approximate surface area is 197 Å². The lowest BCUT2D eigenvalue weighted by Gasteiger charge is -2.15. The highest BCUT2D eigenvalue weighted by molar-refractivity contribution is 6.29. The third-order valence-corrected chi connectivity index (χ3v) is 6.68. The molecule has 3 N–H and O–H groups in total. The maximum Gasteiger partial charge on any atom is 0.202 e. The van der Waals surface area contributed by atoms with Gasteiger partial charge in [-0.1, -0.05) is 32.3 Å². The minimum Gasteiger partial charge on any atom is -0.357 e. The van der Waals surface area contributed by atoms with E-state index in [4.69, 9.17) is 4.98 Å². The van der Waals surface area contributed by atoms with Crippen LogP contribution in [0.4, 0.5) is 15.9 Å². The second-order valence-electron chi connectivity index (χ2n) is 9.08. The van der Waals surface area contributed by atoms with Crippen LogP contribution in [0.15, 0.2) is 36.4 Å². The number of nitrogens with zero attached hydrogens (tertiary/aromatic N) is 2. The van der Waals surface area contributed by atoms with E-state index >= 15 is 4.39 Å². The van der Waals surface area contributed by atoms with Crippen LogP contribution in [-0.2, 0) is 13.0 Å². The molecule has 0 spiro atoms. The molecule has 7 heteroatoms. The summed E-state index contributed by atoms with van der Waals surface area (Å²) in [5, 5.41) is 14.0. The van der Waals surface area contributed by atoms with Gasteiger partial charge in [-0.15, -0.1) is 0 Å². The molecule has 1 fully saturated rings. The van der Waals surface area contributed by atoms with Crippen molar-refractivity contribution >= 4 is 18.9 Å². The van der Waals surface area contributed by atoms with E-state index in [0.29, 0.717) is 29.9 Å². The number of rotatable bonds is 10. The molecule has 1 aromatic carbocycles. The number of unbranched alkanes of at least 4 members (excludes halogenated alkanes) is 1. The molecule has 2 unspecified atom stereocenters. The molecule has 1 radical (unpaired) electrons. The fraction of sp³-hybridized carbons (Fsp3) is 0.462. The Morgan fingerprint density at radius 1 is 1.18 bits per heavy atom. The van der Waals surface area contributed by atoms with Gasteiger partial charge >= 0.3 is 0 Å². The fourth-order valence-corrected chi connectivity index (χ4v) is 4.83. The standard InChI is InChI=1S/C26H34BFN5/c1-4-5-8-18-12-13-23(26(28)21(18)16-29-27-3)31-25-15-24(32-33-25)20-11-10-19(14-20)22-9-6-7-17(2)30-22/h6-7,9,12-13,15,19-20,29H,4-5,8,10-11,14,16H2,1-3H3,(H2,31,32,33). The summed E-state index contributed by atoms with van der Waals surface area (Å²) in [6.45, 7) is 6.60. The van der Waals surface area contributed by atoms with E-state index in [9.17, 15) is 0 Å². The number of aromatic nitrogens is 3. The summed E-state index contributed by atoms with van der Waals surface area (Å²) in [5.41, 5.74) is 5.62. The maximum absolute atomic E-state index is 15.4. The second kappa shape index (κ2) is 11.0. The van der Waals surface area contributed by atoms with Crippen molar-refractivity contribution in [2.45, 2.75) is 77.6 Å². The molecule has 5 nitrogen and oxygen atoms in total. The summed E-state index contributed by atoms with van der Waals surface area (Å²) in [6, 6.07) is 12.2. The molecule has 3 aromatic rings. The Morgan fingerprint density at radius 3 is 2.82 bits per heavy atom. The summed E-state index contributed by atoms with van der Waals surface area (Å²) in [4.78, 5) is 4.72. The van der Waals surface area contributed by atoms with Gasteiger partial charge in [0.2, 0.25) is 7.41 Å². The Morgan fingerprint density at radius 2 is 2.03 bits per heavy atom. The molecule has 4 rings (SSSR count). The third-order valence-electron chi connectivity index (χ3n) is 6.68. The molecule has 173 valence electrons. The number of halogens is 1. The number of aromatic amines is 1. The summed E-state index contributed by atoms with van der Waals surface area (Å²) in [7, 11) is 1.85. The molecule has 0 amide bonds. The normalized spacial score (nSPS) is 17.9. The fourth-order valence-electron chi connectivity index (χ4n) is 4.83. The molecule has 1 saturated carbocycles. The predicted octanol–water partition coefficient (Wildman–Crippen LogP) is 6.15. The van der Waals surface area contributed by atoms with Crippen molar-refractivity contribution in [2.75, 3.05) is 5.32 Å². The minimum atomic E-state index is -0.200. The molecule has 2 atom stereocenters. The number of benzene rings is 1. The molecule has 2 aromatic heterocycles. The number of nitrogens with one attached hydrogen (secondary N) is 3. The van der Waals surface area contributed by atoms with Gasteiger partial charge in [-0.05, 0) is 62.8 Å². The summed E-state index contributed by atoms with van der Waals surface area (Å²) >= 11 is 0. The van der Waals surface area contributed by atoms with Gasteiger partial charge in [0.15, 0.2) is 11.6 Å². The van der Waals surface area contributed by atoms with Crippen molar-refractivity contribution in [3.8, 4) is 0 Å². The van der Waals surface area contributed by atoms with Gasteiger partial charge in [-0.2, -0.15) is 5.10 Å². The second-order valence-corrected chi connectivity index (χ2v) is 9.08. The molecule has 2 heterocycles. The van der Waals surface area contributed by atoms with Gasteiger partial charge in [0.05, 0.1) is 5.69 Å². The lowest BCUT2D eigenvalue weighted by atomic mass is 9.96. The number of hydrogen-bond donors (Lipinski definition) is 3. The quantitative estimate of drug-likeness (QED) is 0.327. The Bertz CT molecular complexity index is 1070. The minimum absolute atomic E-state index is 0.200. The first-order chi connectivity index (χ1) is 16.1. The highest BCUT2D eigenvalue weighted by atomic mass is 19.1. The van der Waals surface area contributed by atoms with Crippen molar-refractivity contribution in [2.24, 2.45) is 0 Å². The number of pyridine rings is 1. The SMILES string of the molecule is C[B]NCc1c(CCCC)ccc(Nc2cc(C3CCC(c4cccc(C)n4)C3)[nH]n2)c1F. The van der Waals surface area contributed by atoms with Crippen molar-refractivity contribution in [3.63, 3.8) is 0 Å². The first-order valence-electron chi connectivity index (χ1n) is 12.2. The smallest absolute Gasteiger partial charge is 0.202 e. The summed E-state index contributed by atoms with van der Waals surface area (Å²) in [5.74, 6) is 1.35. The number of aryl methyl sites for hydroxylation is 2. The van der Waals surface area contributed by atoms with Gasteiger partial charge in [0.1, 0.15) is 0 Å². The third kappa shape index (κ3) is 5.64. The average Bonchev–Trinajstić information content (AvgIpc) is 3.48. The predicted molar refractivity (Wildman–Crippen MR) is 134 cm³/mol.